The number of hydrogen-bond donors (Lipinski definition) is 1. The number of carbonyl (C=O) groups excluding carboxylic acids is 1. The fraction of sp³-hybridized carbons (Fsp3) is 0.909. The van der Waals surface area contributed by atoms with Crippen LogP contribution in [0.1, 0.15) is 33.6 Å². The molecule has 0 spiro atoms. The van der Waals surface area contributed by atoms with Crippen molar-refractivity contribution in [1.82, 2.24) is 10.2 Å². The third-order valence-corrected chi connectivity index (χ3v) is 2.41. The van der Waals surface area contributed by atoms with Crippen LogP contribution in [0.5, 0.6) is 0 Å². The summed E-state index contributed by atoms with van der Waals surface area (Å²) in [4.78, 5) is 13.3. The Bertz CT molecular complexity index is 159. The molecule has 3 heteroatoms. The first-order chi connectivity index (χ1) is 6.61. The highest BCUT2D eigenvalue weighted by atomic mass is 16.2. The Morgan fingerprint density at radius 1 is 1.43 bits per heavy atom. The minimum absolute atomic E-state index is 0.193. The molecule has 1 amide bonds. The van der Waals surface area contributed by atoms with Gasteiger partial charge in [-0.25, -0.2) is 0 Å². The van der Waals surface area contributed by atoms with Crippen molar-refractivity contribution in [2.75, 3.05) is 26.7 Å². The molecule has 0 aromatic carbocycles. The van der Waals surface area contributed by atoms with Gasteiger partial charge in [0.05, 0.1) is 6.54 Å². The molecule has 1 N–H and O–H groups in total. The van der Waals surface area contributed by atoms with Crippen LogP contribution in [0.2, 0.25) is 0 Å². The molecule has 0 saturated carbocycles. The van der Waals surface area contributed by atoms with Crippen molar-refractivity contribution in [3.63, 3.8) is 0 Å². The predicted octanol–water partition coefficient (Wildman–Crippen LogP) is 1.49. The summed E-state index contributed by atoms with van der Waals surface area (Å²) >= 11 is 0. The van der Waals surface area contributed by atoms with Gasteiger partial charge < -0.3 is 10.2 Å². The molecule has 0 aromatic heterocycles. The highest BCUT2D eigenvalue weighted by Crippen LogP contribution is 2.02. The summed E-state index contributed by atoms with van der Waals surface area (Å²) in [6, 6.07) is 0. The van der Waals surface area contributed by atoms with E-state index in [0.29, 0.717) is 12.5 Å². The van der Waals surface area contributed by atoms with Gasteiger partial charge in [-0.2, -0.15) is 0 Å². The second-order valence-electron chi connectivity index (χ2n) is 3.96. The topological polar surface area (TPSA) is 32.3 Å². The second kappa shape index (κ2) is 7.80. The molecule has 14 heavy (non-hydrogen) atoms. The van der Waals surface area contributed by atoms with Gasteiger partial charge in [0.25, 0.3) is 0 Å². The summed E-state index contributed by atoms with van der Waals surface area (Å²) in [5.41, 5.74) is 0. The van der Waals surface area contributed by atoms with E-state index in [1.807, 2.05) is 11.9 Å². The van der Waals surface area contributed by atoms with E-state index in [1.165, 1.54) is 0 Å². The smallest absolute Gasteiger partial charge is 0.236 e. The lowest BCUT2D eigenvalue weighted by Crippen LogP contribution is -2.37. The summed E-state index contributed by atoms with van der Waals surface area (Å²) in [5.74, 6) is 0.786. The second-order valence-corrected chi connectivity index (χ2v) is 3.96. The molecule has 0 rings (SSSR count). The molecule has 0 saturated heterocycles. The van der Waals surface area contributed by atoms with Crippen molar-refractivity contribution in [3.05, 3.63) is 0 Å². The summed E-state index contributed by atoms with van der Waals surface area (Å²) in [5, 5.41) is 3.12. The van der Waals surface area contributed by atoms with Crippen LogP contribution in [0.3, 0.4) is 0 Å². The van der Waals surface area contributed by atoms with E-state index in [2.05, 4.69) is 26.1 Å². The van der Waals surface area contributed by atoms with Crippen LogP contribution < -0.4 is 5.32 Å². The van der Waals surface area contributed by atoms with Crippen LogP contribution in [0, 0.1) is 5.92 Å². The molecule has 0 radical (unpaired) electrons. The molecule has 1 unspecified atom stereocenters. The predicted molar refractivity (Wildman–Crippen MR) is 60.3 cm³/mol. The van der Waals surface area contributed by atoms with Crippen molar-refractivity contribution in [2.45, 2.75) is 33.6 Å². The maximum Gasteiger partial charge on any atom is 0.236 e. The third kappa shape index (κ3) is 5.97. The Balaban J connectivity index is 3.64. The number of carbonyl (C=O) groups is 1. The molecular formula is C11H24N2O. The van der Waals surface area contributed by atoms with Crippen LogP contribution in [0.25, 0.3) is 0 Å². The first-order valence-electron chi connectivity index (χ1n) is 5.56. The summed E-state index contributed by atoms with van der Waals surface area (Å²) < 4.78 is 0. The molecule has 0 fully saturated rings. The molecule has 3 nitrogen and oxygen atoms in total. The average molecular weight is 200 g/mol. The van der Waals surface area contributed by atoms with Crippen LogP contribution >= 0.6 is 0 Å². The summed E-state index contributed by atoms with van der Waals surface area (Å²) in [6.07, 6.45) is 2.20. The Labute approximate surface area is 87.9 Å². The van der Waals surface area contributed by atoms with Crippen molar-refractivity contribution < 1.29 is 4.79 Å². The van der Waals surface area contributed by atoms with Crippen molar-refractivity contribution >= 4 is 5.91 Å². The first-order valence-corrected chi connectivity index (χ1v) is 5.56. The molecule has 1 atom stereocenters. The lowest BCUT2D eigenvalue weighted by Gasteiger charge is -2.20. The molecule has 0 aliphatic carbocycles. The number of amides is 1. The Morgan fingerprint density at radius 3 is 2.57 bits per heavy atom. The zero-order chi connectivity index (χ0) is 11.0. The van der Waals surface area contributed by atoms with Gasteiger partial charge in [-0.1, -0.05) is 27.2 Å². The van der Waals surface area contributed by atoms with E-state index >= 15 is 0 Å². The molecule has 84 valence electrons. The van der Waals surface area contributed by atoms with E-state index in [-0.39, 0.29) is 5.91 Å². The van der Waals surface area contributed by atoms with E-state index < -0.39 is 0 Å². The Hall–Kier alpha value is -0.570. The fourth-order valence-electron chi connectivity index (χ4n) is 1.21. The van der Waals surface area contributed by atoms with Gasteiger partial charge in [0.2, 0.25) is 5.91 Å². The van der Waals surface area contributed by atoms with Gasteiger partial charge in [-0.15, -0.1) is 0 Å². The van der Waals surface area contributed by atoms with E-state index in [9.17, 15) is 4.79 Å². The molecule has 0 aromatic rings. The molecule has 0 heterocycles. The summed E-state index contributed by atoms with van der Waals surface area (Å²) in [6.45, 7) is 8.68. The largest absolute Gasteiger partial charge is 0.344 e. The zero-order valence-corrected chi connectivity index (χ0v) is 9.97. The quantitative estimate of drug-likeness (QED) is 0.632. The Kier molecular flexibility index (Phi) is 7.48. The lowest BCUT2D eigenvalue weighted by molar-refractivity contribution is -0.129. The Morgan fingerprint density at radius 2 is 2.07 bits per heavy atom. The fourth-order valence-corrected chi connectivity index (χ4v) is 1.21. The van der Waals surface area contributed by atoms with Gasteiger partial charge in [-0.05, 0) is 18.9 Å². The molecular weight excluding hydrogens is 176 g/mol. The molecule has 0 aliphatic rings. The standard InChI is InChI=1S/C11H24N2O/c1-5-7-12-8-11(14)13(4)9-10(3)6-2/h10,12H,5-9H2,1-4H3. The highest BCUT2D eigenvalue weighted by molar-refractivity contribution is 5.77. The van der Waals surface area contributed by atoms with E-state index in [0.717, 1.165) is 25.9 Å². The molecule has 0 bridgehead atoms. The van der Waals surface area contributed by atoms with Gasteiger partial charge in [-0.3, -0.25) is 4.79 Å². The van der Waals surface area contributed by atoms with Crippen LogP contribution in [-0.4, -0.2) is 37.5 Å². The average Bonchev–Trinajstić information content (AvgIpc) is 2.17. The maximum atomic E-state index is 11.5. The van der Waals surface area contributed by atoms with E-state index in [4.69, 9.17) is 0 Å². The minimum atomic E-state index is 0.193. The van der Waals surface area contributed by atoms with Crippen LogP contribution in [0.4, 0.5) is 0 Å². The van der Waals surface area contributed by atoms with Crippen LogP contribution in [-0.2, 0) is 4.79 Å². The highest BCUT2D eigenvalue weighted by Gasteiger charge is 2.10. The minimum Gasteiger partial charge on any atom is -0.344 e. The SMILES string of the molecule is CCCNCC(=O)N(C)CC(C)CC. The van der Waals surface area contributed by atoms with Crippen molar-refractivity contribution in [2.24, 2.45) is 5.92 Å². The van der Waals surface area contributed by atoms with Gasteiger partial charge in [0.1, 0.15) is 0 Å². The monoisotopic (exact) mass is 200 g/mol. The normalized spacial score (nSPS) is 12.6. The van der Waals surface area contributed by atoms with Gasteiger partial charge >= 0.3 is 0 Å². The lowest BCUT2D eigenvalue weighted by atomic mass is 10.1. The number of likely N-dealkylation sites (N-methyl/N-ethyl adjacent to an activating group) is 1. The number of hydrogen-bond acceptors (Lipinski definition) is 2. The van der Waals surface area contributed by atoms with Crippen molar-refractivity contribution in [1.29, 1.82) is 0 Å². The first kappa shape index (κ1) is 13.4. The van der Waals surface area contributed by atoms with Crippen molar-refractivity contribution in [3.8, 4) is 0 Å². The zero-order valence-electron chi connectivity index (χ0n) is 9.97. The van der Waals surface area contributed by atoms with Gasteiger partial charge in [0, 0.05) is 13.6 Å². The molecule has 0 aliphatic heterocycles. The number of rotatable bonds is 7. The number of nitrogens with zero attached hydrogens (tertiary/aromatic N) is 1. The van der Waals surface area contributed by atoms with E-state index in [1.54, 1.807) is 0 Å². The number of nitrogens with one attached hydrogen (secondary N) is 1. The third-order valence-electron chi connectivity index (χ3n) is 2.41. The summed E-state index contributed by atoms with van der Waals surface area (Å²) in [7, 11) is 1.88. The van der Waals surface area contributed by atoms with Gasteiger partial charge in [0.15, 0.2) is 0 Å². The maximum absolute atomic E-state index is 11.5. The van der Waals surface area contributed by atoms with Crippen LogP contribution in [0.15, 0.2) is 0 Å².